The lowest BCUT2D eigenvalue weighted by Crippen LogP contribution is -2.24. The summed E-state index contributed by atoms with van der Waals surface area (Å²) in [5, 5.41) is 0. The summed E-state index contributed by atoms with van der Waals surface area (Å²) < 4.78 is 13.5. The molecule has 2 nitrogen and oxygen atoms in total. The normalized spacial score (nSPS) is 12.5. The Morgan fingerprint density at radius 1 is 1.57 bits per heavy atom. The van der Waals surface area contributed by atoms with Crippen LogP contribution in [0, 0.1) is 5.82 Å². The molecular weight excluding hydrogens is 317 g/mol. The van der Waals surface area contributed by atoms with Gasteiger partial charge in [0.1, 0.15) is 5.82 Å². The van der Waals surface area contributed by atoms with Gasteiger partial charge in [0.05, 0.1) is 9.30 Å². The van der Waals surface area contributed by atoms with Crippen LogP contribution >= 0.6 is 31.9 Å². The van der Waals surface area contributed by atoms with Crippen LogP contribution in [0.25, 0.3) is 0 Å². The molecule has 0 fully saturated rings. The van der Waals surface area contributed by atoms with Crippen LogP contribution in [0.15, 0.2) is 22.7 Å². The average molecular weight is 325 g/mol. The molecular formula is C9H8Br2FNO. The first-order valence-electron chi connectivity index (χ1n) is 3.88. The van der Waals surface area contributed by atoms with Gasteiger partial charge in [0.25, 0.3) is 0 Å². The van der Waals surface area contributed by atoms with Crippen molar-refractivity contribution in [2.24, 2.45) is 5.73 Å². The highest BCUT2D eigenvalue weighted by atomic mass is 79.9. The van der Waals surface area contributed by atoms with Crippen LogP contribution in [0.1, 0.15) is 5.56 Å². The number of halogens is 3. The van der Waals surface area contributed by atoms with E-state index in [4.69, 9.17) is 5.73 Å². The molecule has 0 saturated carbocycles. The fourth-order valence-corrected chi connectivity index (χ4v) is 1.59. The van der Waals surface area contributed by atoms with Gasteiger partial charge >= 0.3 is 0 Å². The van der Waals surface area contributed by atoms with Crippen molar-refractivity contribution < 1.29 is 9.18 Å². The standard InChI is InChI=1S/C9H8Br2FNO/c10-6-2-1-5(4-8(6)12)3-7(11)9(13)14/h1-2,4,7H,3H2,(H2,13,14). The highest BCUT2D eigenvalue weighted by molar-refractivity contribution is 9.10. The van der Waals surface area contributed by atoms with Gasteiger partial charge in [0.2, 0.25) is 5.91 Å². The molecule has 0 heterocycles. The van der Waals surface area contributed by atoms with E-state index in [1.165, 1.54) is 6.07 Å². The quantitative estimate of drug-likeness (QED) is 0.852. The third-order valence-corrected chi connectivity index (χ3v) is 3.13. The van der Waals surface area contributed by atoms with Gasteiger partial charge in [-0.1, -0.05) is 22.0 Å². The molecule has 1 atom stereocenters. The van der Waals surface area contributed by atoms with E-state index in [0.29, 0.717) is 10.9 Å². The number of benzene rings is 1. The number of nitrogens with two attached hydrogens (primary N) is 1. The Morgan fingerprint density at radius 3 is 2.71 bits per heavy atom. The SMILES string of the molecule is NC(=O)C(Br)Cc1ccc(Br)c(F)c1. The number of amides is 1. The van der Waals surface area contributed by atoms with E-state index >= 15 is 0 Å². The zero-order valence-electron chi connectivity index (χ0n) is 7.14. The minimum absolute atomic E-state index is 0.341. The molecule has 1 aromatic rings. The fourth-order valence-electron chi connectivity index (χ4n) is 0.974. The van der Waals surface area contributed by atoms with Crippen LogP contribution in [-0.2, 0) is 11.2 Å². The topological polar surface area (TPSA) is 43.1 Å². The van der Waals surface area contributed by atoms with E-state index in [1.54, 1.807) is 12.1 Å². The van der Waals surface area contributed by atoms with E-state index in [9.17, 15) is 9.18 Å². The fraction of sp³-hybridized carbons (Fsp3) is 0.222. The minimum Gasteiger partial charge on any atom is -0.369 e. The maximum Gasteiger partial charge on any atom is 0.231 e. The third kappa shape index (κ3) is 3.06. The van der Waals surface area contributed by atoms with E-state index in [-0.39, 0.29) is 5.82 Å². The summed E-state index contributed by atoms with van der Waals surface area (Å²) in [6, 6.07) is 4.72. The lowest BCUT2D eigenvalue weighted by atomic mass is 10.1. The molecule has 0 radical (unpaired) electrons. The first-order valence-corrected chi connectivity index (χ1v) is 5.59. The van der Waals surface area contributed by atoms with Crippen LogP contribution in [0.2, 0.25) is 0 Å². The van der Waals surface area contributed by atoms with Crippen molar-refractivity contribution in [3.8, 4) is 0 Å². The second-order valence-electron chi connectivity index (χ2n) is 2.82. The van der Waals surface area contributed by atoms with Gasteiger partial charge in [-0.05, 0) is 40.0 Å². The van der Waals surface area contributed by atoms with Crippen molar-refractivity contribution >= 4 is 37.8 Å². The third-order valence-electron chi connectivity index (χ3n) is 1.71. The Kier molecular flexibility index (Phi) is 4.07. The first kappa shape index (κ1) is 11.7. The highest BCUT2D eigenvalue weighted by Gasteiger charge is 2.12. The molecule has 0 aromatic heterocycles. The predicted octanol–water partition coefficient (Wildman–Crippen LogP) is 2.38. The molecule has 1 aromatic carbocycles. The zero-order chi connectivity index (χ0) is 10.7. The lowest BCUT2D eigenvalue weighted by Gasteiger charge is -2.05. The van der Waals surface area contributed by atoms with Gasteiger partial charge in [-0.2, -0.15) is 0 Å². The van der Waals surface area contributed by atoms with Gasteiger partial charge < -0.3 is 5.73 Å². The Bertz CT molecular complexity index is 357. The molecule has 76 valence electrons. The minimum atomic E-state index is -0.455. The molecule has 0 aliphatic rings. The summed E-state index contributed by atoms with van der Waals surface area (Å²) in [5.74, 6) is -0.792. The van der Waals surface area contributed by atoms with E-state index < -0.39 is 10.7 Å². The van der Waals surface area contributed by atoms with Gasteiger partial charge in [-0.15, -0.1) is 0 Å². The Labute approximate surface area is 97.9 Å². The van der Waals surface area contributed by atoms with Gasteiger partial charge in [-0.3, -0.25) is 4.79 Å². The van der Waals surface area contributed by atoms with Crippen LogP contribution < -0.4 is 5.73 Å². The van der Waals surface area contributed by atoms with Crippen LogP contribution in [0.3, 0.4) is 0 Å². The van der Waals surface area contributed by atoms with Crippen LogP contribution in [0.5, 0.6) is 0 Å². The van der Waals surface area contributed by atoms with E-state index in [1.807, 2.05) is 0 Å². The van der Waals surface area contributed by atoms with E-state index in [2.05, 4.69) is 31.9 Å². The van der Waals surface area contributed by atoms with Crippen molar-refractivity contribution in [1.29, 1.82) is 0 Å². The van der Waals surface area contributed by atoms with Gasteiger partial charge in [0, 0.05) is 0 Å². The summed E-state index contributed by atoms with van der Waals surface area (Å²) in [4.78, 5) is 10.3. The van der Waals surface area contributed by atoms with Gasteiger partial charge in [-0.25, -0.2) is 4.39 Å². The molecule has 0 aliphatic heterocycles. The Morgan fingerprint density at radius 2 is 2.21 bits per heavy atom. The summed E-state index contributed by atoms with van der Waals surface area (Å²) in [5.41, 5.74) is 5.79. The average Bonchev–Trinajstić information content (AvgIpc) is 2.11. The summed E-state index contributed by atoms with van der Waals surface area (Å²) in [6.07, 6.45) is 0.388. The number of hydrogen-bond acceptors (Lipinski definition) is 1. The number of alkyl halides is 1. The maximum atomic E-state index is 13.1. The van der Waals surface area contributed by atoms with Crippen molar-refractivity contribution in [2.75, 3.05) is 0 Å². The number of carbonyl (C=O) groups excluding carboxylic acids is 1. The molecule has 0 bridgehead atoms. The highest BCUT2D eigenvalue weighted by Crippen LogP contribution is 2.18. The predicted molar refractivity (Wildman–Crippen MR) is 59.7 cm³/mol. The molecule has 0 aliphatic carbocycles. The van der Waals surface area contributed by atoms with Crippen molar-refractivity contribution in [2.45, 2.75) is 11.2 Å². The molecule has 14 heavy (non-hydrogen) atoms. The number of hydrogen-bond donors (Lipinski definition) is 1. The molecule has 0 spiro atoms. The van der Waals surface area contributed by atoms with Crippen molar-refractivity contribution in [3.05, 3.63) is 34.1 Å². The van der Waals surface area contributed by atoms with Crippen molar-refractivity contribution in [3.63, 3.8) is 0 Å². The number of carbonyl (C=O) groups is 1. The summed E-state index contributed by atoms with van der Waals surface area (Å²) in [6.45, 7) is 0. The number of primary amides is 1. The molecule has 2 N–H and O–H groups in total. The van der Waals surface area contributed by atoms with Crippen molar-refractivity contribution in [1.82, 2.24) is 0 Å². The van der Waals surface area contributed by atoms with Crippen LogP contribution in [-0.4, -0.2) is 10.7 Å². The summed E-state index contributed by atoms with van der Waals surface area (Å²) in [7, 11) is 0. The maximum absolute atomic E-state index is 13.1. The Balaban J connectivity index is 2.78. The second kappa shape index (κ2) is 4.89. The molecule has 1 amide bonds. The number of rotatable bonds is 3. The molecule has 1 rings (SSSR count). The van der Waals surface area contributed by atoms with Gasteiger partial charge in [0.15, 0.2) is 0 Å². The first-order chi connectivity index (χ1) is 6.50. The van der Waals surface area contributed by atoms with Crippen LogP contribution in [0.4, 0.5) is 4.39 Å². The summed E-state index contributed by atoms with van der Waals surface area (Å²) >= 11 is 6.16. The zero-order valence-corrected chi connectivity index (χ0v) is 10.3. The smallest absolute Gasteiger partial charge is 0.231 e. The largest absolute Gasteiger partial charge is 0.369 e. The lowest BCUT2D eigenvalue weighted by molar-refractivity contribution is -0.117. The monoisotopic (exact) mass is 323 g/mol. The molecule has 5 heteroatoms. The Hall–Kier alpha value is -0.420. The molecule has 1 unspecified atom stereocenters. The van der Waals surface area contributed by atoms with E-state index in [0.717, 1.165) is 5.56 Å². The second-order valence-corrected chi connectivity index (χ2v) is 4.78. The molecule has 0 saturated heterocycles.